The average Bonchev–Trinajstić information content (AvgIpc) is 2.64. The van der Waals surface area contributed by atoms with Crippen LogP contribution in [-0.2, 0) is 20.6 Å². The minimum atomic E-state index is -2.88. The average molecular weight is 280 g/mol. The van der Waals surface area contributed by atoms with Gasteiger partial charge in [-0.3, -0.25) is 4.21 Å². The molecule has 1 rings (SSSR count). The monoisotopic (exact) mass is 280 g/mol. The van der Waals surface area contributed by atoms with Crippen LogP contribution in [0.5, 0.6) is 0 Å². The summed E-state index contributed by atoms with van der Waals surface area (Å²) in [6, 6.07) is 0. The lowest BCUT2D eigenvalue weighted by atomic mass is 10.1. The summed E-state index contributed by atoms with van der Waals surface area (Å²) in [4.78, 5) is 0. The van der Waals surface area contributed by atoms with E-state index in [2.05, 4.69) is 6.92 Å². The Hall–Kier alpha value is 0.1000. The molecule has 0 radical (unpaired) electrons. The zero-order chi connectivity index (χ0) is 12.7. The van der Waals surface area contributed by atoms with Crippen molar-refractivity contribution in [3.8, 4) is 0 Å². The van der Waals surface area contributed by atoms with Crippen LogP contribution < -0.4 is 0 Å². The first-order valence-electron chi connectivity index (χ1n) is 6.63. The van der Waals surface area contributed by atoms with Crippen molar-refractivity contribution in [2.45, 2.75) is 57.1 Å². The third-order valence-corrected chi connectivity index (χ3v) is 7.08. The number of hydrogen-bond donors (Lipinski definition) is 0. The van der Waals surface area contributed by atoms with Crippen LogP contribution in [0.4, 0.5) is 0 Å². The summed E-state index contributed by atoms with van der Waals surface area (Å²) >= 11 is 0. The highest BCUT2D eigenvalue weighted by atomic mass is 32.2. The Morgan fingerprint density at radius 2 is 1.76 bits per heavy atom. The zero-order valence-electron chi connectivity index (χ0n) is 10.7. The summed E-state index contributed by atoms with van der Waals surface area (Å²) in [5, 5.41) is -0.0874. The normalized spacial score (nSPS) is 24.9. The molecule has 1 heterocycles. The third-order valence-electron chi connectivity index (χ3n) is 3.26. The Morgan fingerprint density at radius 1 is 1.12 bits per heavy atom. The molecule has 1 saturated heterocycles. The van der Waals surface area contributed by atoms with Crippen LogP contribution in [0.1, 0.15) is 51.9 Å². The number of sulfone groups is 1. The van der Waals surface area contributed by atoms with Crippen molar-refractivity contribution >= 4 is 20.6 Å². The largest absolute Gasteiger partial charge is 0.259 e. The van der Waals surface area contributed by atoms with Crippen molar-refractivity contribution in [1.82, 2.24) is 0 Å². The van der Waals surface area contributed by atoms with Gasteiger partial charge in [0.15, 0.2) is 9.84 Å². The van der Waals surface area contributed by atoms with Crippen LogP contribution in [0.15, 0.2) is 0 Å². The van der Waals surface area contributed by atoms with E-state index in [1.807, 2.05) is 0 Å². The topological polar surface area (TPSA) is 51.2 Å². The van der Waals surface area contributed by atoms with Gasteiger partial charge in [-0.1, -0.05) is 39.0 Å². The van der Waals surface area contributed by atoms with Crippen molar-refractivity contribution < 1.29 is 12.6 Å². The molecule has 2 atom stereocenters. The van der Waals surface area contributed by atoms with E-state index in [4.69, 9.17) is 0 Å². The molecule has 0 aromatic carbocycles. The second-order valence-electron chi connectivity index (χ2n) is 4.88. The van der Waals surface area contributed by atoms with Gasteiger partial charge in [-0.25, -0.2) is 8.42 Å². The van der Waals surface area contributed by atoms with Crippen LogP contribution >= 0.6 is 0 Å². The minimum Gasteiger partial charge on any atom is -0.259 e. The Kier molecular flexibility index (Phi) is 6.70. The van der Waals surface area contributed by atoms with Crippen molar-refractivity contribution in [2.75, 3.05) is 17.3 Å². The van der Waals surface area contributed by atoms with Crippen LogP contribution in [0.25, 0.3) is 0 Å². The van der Waals surface area contributed by atoms with E-state index in [9.17, 15) is 12.6 Å². The summed E-state index contributed by atoms with van der Waals surface area (Å²) in [7, 11) is -3.80. The first-order valence-corrected chi connectivity index (χ1v) is 9.83. The Labute approximate surface area is 108 Å². The molecule has 0 aliphatic carbocycles. The van der Waals surface area contributed by atoms with E-state index in [0.29, 0.717) is 12.2 Å². The fraction of sp³-hybridized carbons (Fsp3) is 1.00. The summed E-state index contributed by atoms with van der Waals surface area (Å²) in [5.41, 5.74) is 0. The van der Waals surface area contributed by atoms with E-state index in [1.165, 1.54) is 25.7 Å². The molecule has 0 aromatic heterocycles. The molecule has 0 amide bonds. The lowest BCUT2D eigenvalue weighted by Crippen LogP contribution is -2.19. The van der Waals surface area contributed by atoms with Crippen LogP contribution in [0.2, 0.25) is 0 Å². The minimum absolute atomic E-state index is 0.0874. The quantitative estimate of drug-likeness (QED) is 0.641. The third kappa shape index (κ3) is 6.00. The lowest BCUT2D eigenvalue weighted by molar-refractivity contribution is 0.602. The smallest absolute Gasteiger partial charge is 0.151 e. The Bertz CT molecular complexity index is 336. The first kappa shape index (κ1) is 15.2. The van der Waals surface area contributed by atoms with Gasteiger partial charge in [0.25, 0.3) is 0 Å². The molecule has 1 aliphatic heterocycles. The Morgan fingerprint density at radius 3 is 2.35 bits per heavy atom. The predicted molar refractivity (Wildman–Crippen MR) is 73.4 cm³/mol. The van der Waals surface area contributed by atoms with Gasteiger partial charge in [-0.05, 0) is 12.8 Å². The van der Waals surface area contributed by atoms with Crippen LogP contribution in [0.3, 0.4) is 0 Å². The number of hydrogen-bond acceptors (Lipinski definition) is 3. The van der Waals surface area contributed by atoms with Gasteiger partial charge >= 0.3 is 0 Å². The van der Waals surface area contributed by atoms with E-state index in [1.54, 1.807) is 0 Å². The molecule has 0 bridgehead atoms. The molecule has 5 heteroatoms. The summed E-state index contributed by atoms with van der Waals surface area (Å²) < 4.78 is 34.4. The zero-order valence-corrected chi connectivity index (χ0v) is 12.3. The molecule has 3 nitrogen and oxygen atoms in total. The predicted octanol–water partition coefficient (Wildman–Crippen LogP) is 2.28. The Balaban J connectivity index is 2.10. The van der Waals surface area contributed by atoms with Crippen LogP contribution in [0, 0.1) is 0 Å². The van der Waals surface area contributed by atoms with Gasteiger partial charge < -0.3 is 0 Å². The lowest BCUT2D eigenvalue weighted by Gasteiger charge is -2.07. The fourth-order valence-electron chi connectivity index (χ4n) is 2.16. The molecule has 0 spiro atoms. The molecule has 1 aliphatic rings. The van der Waals surface area contributed by atoms with E-state index >= 15 is 0 Å². The highest BCUT2D eigenvalue weighted by molar-refractivity contribution is 7.94. The highest BCUT2D eigenvalue weighted by Gasteiger charge is 2.31. The van der Waals surface area contributed by atoms with Gasteiger partial charge in [0.1, 0.15) is 0 Å². The molecule has 0 unspecified atom stereocenters. The van der Waals surface area contributed by atoms with Gasteiger partial charge in [-0.15, -0.1) is 0 Å². The van der Waals surface area contributed by atoms with Crippen LogP contribution in [-0.4, -0.2) is 35.1 Å². The van der Waals surface area contributed by atoms with Crippen molar-refractivity contribution in [3.63, 3.8) is 0 Å². The summed E-state index contributed by atoms with van der Waals surface area (Å²) in [5.74, 6) is 1.07. The van der Waals surface area contributed by atoms with E-state index in [0.717, 1.165) is 12.8 Å². The van der Waals surface area contributed by atoms with E-state index < -0.39 is 20.6 Å². The van der Waals surface area contributed by atoms with Gasteiger partial charge in [0.05, 0.1) is 11.5 Å². The van der Waals surface area contributed by atoms with Gasteiger partial charge in [0, 0.05) is 21.8 Å². The molecule has 102 valence electrons. The molecular weight excluding hydrogens is 256 g/mol. The second kappa shape index (κ2) is 7.52. The van der Waals surface area contributed by atoms with Crippen molar-refractivity contribution in [2.24, 2.45) is 0 Å². The molecule has 17 heavy (non-hydrogen) atoms. The van der Waals surface area contributed by atoms with Gasteiger partial charge in [-0.2, -0.15) is 0 Å². The standard InChI is InChI=1S/C12H24O3S2/c1-2-3-4-5-6-7-9-16(13)12-8-10-17(14,15)11-12/h12H,2-11H2,1H3/t12-,16+/m0/s1. The van der Waals surface area contributed by atoms with Gasteiger partial charge in [0.2, 0.25) is 0 Å². The molecule has 0 N–H and O–H groups in total. The maximum absolute atomic E-state index is 11.9. The highest BCUT2D eigenvalue weighted by Crippen LogP contribution is 2.18. The molecule has 0 saturated carbocycles. The molecule has 0 aromatic rings. The van der Waals surface area contributed by atoms with Crippen molar-refractivity contribution in [3.05, 3.63) is 0 Å². The number of rotatable bonds is 8. The molecule has 1 fully saturated rings. The number of unbranched alkanes of at least 4 members (excludes halogenated alkanes) is 5. The summed E-state index contributed by atoms with van der Waals surface area (Å²) in [6.07, 6.45) is 7.72. The van der Waals surface area contributed by atoms with Crippen molar-refractivity contribution in [1.29, 1.82) is 0 Å². The fourth-order valence-corrected chi connectivity index (χ4v) is 6.28. The second-order valence-corrected chi connectivity index (χ2v) is 8.94. The van der Waals surface area contributed by atoms with E-state index in [-0.39, 0.29) is 16.8 Å². The maximum Gasteiger partial charge on any atom is 0.151 e. The SMILES string of the molecule is CCCCCCCC[S@@](=O)[C@H]1CCS(=O)(=O)C1. The summed E-state index contributed by atoms with van der Waals surface area (Å²) in [6.45, 7) is 2.19. The maximum atomic E-state index is 11.9. The molecular formula is C12H24O3S2. The first-order chi connectivity index (χ1) is 8.05.